The lowest BCUT2D eigenvalue weighted by Gasteiger charge is -2.25. The number of aliphatic hydroxyl groups excluding tert-OH is 2. The molecule has 6 rings (SSSR count). The summed E-state index contributed by atoms with van der Waals surface area (Å²) in [7, 11) is -1.53. The number of aliphatic hydroxyl groups is 2. The van der Waals surface area contributed by atoms with E-state index in [0.717, 1.165) is 33.4 Å². The molecule has 0 bridgehead atoms. The van der Waals surface area contributed by atoms with Crippen molar-refractivity contribution in [1.29, 1.82) is 0 Å². The van der Waals surface area contributed by atoms with E-state index in [0.29, 0.717) is 25.7 Å². The largest absolute Gasteiger partial charge is 0.390 e. The Kier molecular flexibility index (Phi) is 10.1. The van der Waals surface area contributed by atoms with E-state index in [2.05, 4.69) is 10.6 Å². The van der Waals surface area contributed by atoms with Crippen LogP contribution in [-0.4, -0.2) is 49.9 Å². The third-order valence-corrected chi connectivity index (χ3v) is 10.7. The first-order valence-corrected chi connectivity index (χ1v) is 17.4. The average molecular weight is 637 g/mol. The highest BCUT2D eigenvalue weighted by molar-refractivity contribution is 7.85. The van der Waals surface area contributed by atoms with Crippen LogP contribution in [0.2, 0.25) is 0 Å². The first-order valence-electron chi connectivity index (χ1n) is 15.9. The molecule has 0 aliphatic heterocycles. The molecule has 8 heteroatoms. The average Bonchev–Trinajstić information content (AvgIpc) is 3.55. The Hall–Kier alpha value is -4.11. The number of carbonyl (C=O) groups excluding carboxylic acids is 2. The lowest BCUT2D eigenvalue weighted by Crippen LogP contribution is -2.42. The van der Waals surface area contributed by atoms with Gasteiger partial charge in [0.25, 0.3) is 0 Å². The molecule has 4 aromatic carbocycles. The molecule has 46 heavy (non-hydrogen) atoms. The summed E-state index contributed by atoms with van der Waals surface area (Å²) in [5, 5.41) is 27.7. The number of carbonyl (C=O) groups is 2. The Morgan fingerprint density at radius 3 is 1.39 bits per heavy atom. The summed E-state index contributed by atoms with van der Waals surface area (Å²) in [5.41, 5.74) is 5.71. The van der Waals surface area contributed by atoms with E-state index in [-0.39, 0.29) is 23.3 Å². The first-order chi connectivity index (χ1) is 22.4. The van der Waals surface area contributed by atoms with Gasteiger partial charge in [-0.05, 0) is 46.2 Å². The van der Waals surface area contributed by atoms with Gasteiger partial charge in [-0.3, -0.25) is 13.8 Å². The molecule has 0 fully saturated rings. The van der Waals surface area contributed by atoms with Crippen LogP contribution in [0.5, 0.6) is 0 Å². The van der Waals surface area contributed by atoms with Gasteiger partial charge in [-0.25, -0.2) is 0 Å². The minimum atomic E-state index is -1.53. The van der Waals surface area contributed by atoms with Gasteiger partial charge in [0, 0.05) is 35.1 Å². The second-order valence-corrected chi connectivity index (χ2v) is 14.0. The van der Waals surface area contributed by atoms with Crippen LogP contribution in [0, 0.1) is 11.8 Å². The SMILES string of the molecule is O=C(N[C@H]1c2ccccc2C[C@H]1O)[C@@H](Cc1ccccc1)CS(=O)C[C@H](Cc1ccccc1)C(=O)N[C@H]1c2ccccc2C[C@H]1O. The summed E-state index contributed by atoms with van der Waals surface area (Å²) in [5.74, 6) is -1.67. The molecule has 0 saturated heterocycles. The quantitative estimate of drug-likeness (QED) is 0.188. The number of rotatable bonds is 12. The molecule has 7 nitrogen and oxygen atoms in total. The van der Waals surface area contributed by atoms with Crippen molar-refractivity contribution >= 4 is 22.6 Å². The van der Waals surface area contributed by atoms with Gasteiger partial charge < -0.3 is 20.8 Å². The van der Waals surface area contributed by atoms with Crippen LogP contribution in [0.1, 0.15) is 45.5 Å². The van der Waals surface area contributed by atoms with Gasteiger partial charge in [-0.1, -0.05) is 109 Å². The van der Waals surface area contributed by atoms with Gasteiger partial charge in [0.15, 0.2) is 0 Å². The molecule has 0 radical (unpaired) electrons. The van der Waals surface area contributed by atoms with Gasteiger partial charge in [-0.2, -0.15) is 0 Å². The standard InChI is InChI=1S/C38H40N2O5S/c41-33-21-27-15-7-9-17-31(27)35(33)39-37(43)29(19-25-11-3-1-4-12-25)23-46(45)24-30(20-26-13-5-2-6-14-26)38(44)40-36-32-18-10-8-16-28(32)22-34(36)42/h1-18,29-30,33-36,41-42H,19-24H2,(H,39,43)(H,40,44)/t29-,30-,33+,34+,35-,36-/m0/s1. The molecule has 0 aromatic heterocycles. The van der Waals surface area contributed by atoms with Crippen molar-refractivity contribution < 1.29 is 24.0 Å². The van der Waals surface area contributed by atoms with Gasteiger partial charge in [0.05, 0.1) is 36.1 Å². The summed E-state index contributed by atoms with van der Waals surface area (Å²) in [6.45, 7) is 0. The zero-order chi connectivity index (χ0) is 32.0. The van der Waals surface area contributed by atoms with Crippen LogP contribution in [0.3, 0.4) is 0 Å². The fourth-order valence-corrected chi connectivity index (χ4v) is 8.38. The Balaban J connectivity index is 1.19. The number of nitrogens with one attached hydrogen (secondary N) is 2. The van der Waals surface area contributed by atoms with Crippen molar-refractivity contribution in [2.24, 2.45) is 11.8 Å². The maximum Gasteiger partial charge on any atom is 0.224 e. The van der Waals surface area contributed by atoms with Crippen LogP contribution in [0.25, 0.3) is 0 Å². The van der Waals surface area contributed by atoms with E-state index in [1.54, 1.807) is 0 Å². The summed E-state index contributed by atoms with van der Waals surface area (Å²) < 4.78 is 13.9. The maximum absolute atomic E-state index is 13.9. The predicted molar refractivity (Wildman–Crippen MR) is 179 cm³/mol. The number of hydrogen-bond donors (Lipinski definition) is 4. The Bertz CT molecular complexity index is 1560. The minimum absolute atomic E-state index is 0.0681. The molecule has 4 N–H and O–H groups in total. The number of fused-ring (bicyclic) bond motifs is 2. The first kappa shape index (κ1) is 31.9. The number of hydrogen-bond acceptors (Lipinski definition) is 5. The van der Waals surface area contributed by atoms with Crippen molar-refractivity contribution in [2.75, 3.05) is 11.5 Å². The van der Waals surface area contributed by atoms with Crippen molar-refractivity contribution in [2.45, 2.75) is 50.0 Å². The van der Waals surface area contributed by atoms with Crippen LogP contribution < -0.4 is 10.6 Å². The van der Waals surface area contributed by atoms with Crippen molar-refractivity contribution in [1.82, 2.24) is 10.6 Å². The Morgan fingerprint density at radius 1 is 0.609 bits per heavy atom. The van der Waals surface area contributed by atoms with E-state index in [4.69, 9.17) is 0 Å². The highest BCUT2D eigenvalue weighted by atomic mass is 32.2. The molecule has 0 heterocycles. The maximum atomic E-state index is 13.9. The highest BCUT2D eigenvalue weighted by Gasteiger charge is 2.36. The zero-order valence-electron chi connectivity index (χ0n) is 25.6. The number of amides is 2. The summed E-state index contributed by atoms with van der Waals surface area (Å²) in [6.07, 6.45) is 0.214. The van der Waals surface area contributed by atoms with Crippen LogP contribution >= 0.6 is 0 Å². The van der Waals surface area contributed by atoms with Crippen molar-refractivity contribution in [3.63, 3.8) is 0 Å². The van der Waals surface area contributed by atoms with E-state index in [1.165, 1.54) is 0 Å². The fraction of sp³-hybridized carbons (Fsp3) is 0.316. The van der Waals surface area contributed by atoms with E-state index in [1.807, 2.05) is 109 Å². The highest BCUT2D eigenvalue weighted by Crippen LogP contribution is 2.33. The molecular weight excluding hydrogens is 596 g/mol. The summed E-state index contributed by atoms with van der Waals surface area (Å²) in [6, 6.07) is 33.6. The third-order valence-electron chi connectivity index (χ3n) is 9.17. The zero-order valence-corrected chi connectivity index (χ0v) is 26.4. The summed E-state index contributed by atoms with van der Waals surface area (Å²) in [4.78, 5) is 27.6. The van der Waals surface area contributed by atoms with Crippen LogP contribution in [0.4, 0.5) is 0 Å². The predicted octanol–water partition coefficient (Wildman–Crippen LogP) is 4.00. The molecule has 0 spiro atoms. The van der Waals surface area contributed by atoms with Gasteiger partial charge in [-0.15, -0.1) is 0 Å². The fourth-order valence-electron chi connectivity index (χ4n) is 6.81. The smallest absolute Gasteiger partial charge is 0.224 e. The van der Waals surface area contributed by atoms with Crippen molar-refractivity contribution in [3.8, 4) is 0 Å². The molecule has 4 aromatic rings. The van der Waals surface area contributed by atoms with Crippen LogP contribution in [-0.2, 0) is 46.1 Å². The van der Waals surface area contributed by atoms with E-state index < -0.39 is 46.9 Å². The second kappa shape index (κ2) is 14.5. The summed E-state index contributed by atoms with van der Waals surface area (Å²) >= 11 is 0. The molecule has 0 saturated carbocycles. The van der Waals surface area contributed by atoms with Crippen LogP contribution in [0.15, 0.2) is 109 Å². The van der Waals surface area contributed by atoms with Gasteiger partial charge >= 0.3 is 0 Å². The Labute approximate surface area is 272 Å². The molecule has 2 amide bonds. The molecular formula is C38H40N2O5S. The molecule has 0 unspecified atom stereocenters. The molecule has 6 atom stereocenters. The monoisotopic (exact) mass is 636 g/mol. The lowest BCUT2D eigenvalue weighted by atomic mass is 9.98. The van der Waals surface area contributed by atoms with E-state index >= 15 is 0 Å². The molecule has 238 valence electrons. The minimum Gasteiger partial charge on any atom is -0.390 e. The topological polar surface area (TPSA) is 116 Å². The number of benzene rings is 4. The molecule has 2 aliphatic carbocycles. The normalized spacial score (nSPS) is 21.3. The van der Waals surface area contributed by atoms with Gasteiger partial charge in [0.1, 0.15) is 0 Å². The van der Waals surface area contributed by atoms with E-state index in [9.17, 15) is 24.0 Å². The Morgan fingerprint density at radius 2 is 0.978 bits per heavy atom. The third kappa shape index (κ3) is 7.47. The molecule has 2 aliphatic rings. The van der Waals surface area contributed by atoms with Crippen molar-refractivity contribution in [3.05, 3.63) is 143 Å². The second-order valence-electron chi connectivity index (χ2n) is 12.5. The van der Waals surface area contributed by atoms with Gasteiger partial charge in [0.2, 0.25) is 11.8 Å². The lowest BCUT2D eigenvalue weighted by molar-refractivity contribution is -0.126.